The van der Waals surface area contributed by atoms with Crippen molar-refractivity contribution in [2.24, 2.45) is 0 Å². The predicted molar refractivity (Wildman–Crippen MR) is 108 cm³/mol. The molecule has 1 heterocycles. The number of rotatable bonds is 7. The lowest BCUT2D eigenvalue weighted by Crippen LogP contribution is -2.28. The van der Waals surface area contributed by atoms with E-state index in [0.29, 0.717) is 16.8 Å². The molecular weight excluding hydrogens is 366 g/mol. The number of esters is 1. The monoisotopic (exact) mass is 387 g/mol. The van der Waals surface area contributed by atoms with Crippen molar-refractivity contribution in [1.29, 1.82) is 0 Å². The van der Waals surface area contributed by atoms with Gasteiger partial charge in [-0.3, -0.25) is 9.59 Å². The average Bonchev–Trinajstić information content (AvgIpc) is 3.18. The molecule has 6 heteroatoms. The van der Waals surface area contributed by atoms with Gasteiger partial charge >= 0.3 is 5.97 Å². The quantitative estimate of drug-likeness (QED) is 0.578. The van der Waals surface area contributed by atoms with Crippen LogP contribution in [-0.4, -0.2) is 29.9 Å². The first-order valence-electron chi connectivity index (χ1n) is 8.55. The third-order valence-corrected chi connectivity index (χ3v) is 6.97. The summed E-state index contributed by atoms with van der Waals surface area (Å²) in [6.07, 6.45) is 0.463. The summed E-state index contributed by atoms with van der Waals surface area (Å²) in [5, 5.41) is 2.75. The van der Waals surface area contributed by atoms with Gasteiger partial charge < -0.3 is 10.1 Å². The minimum absolute atomic E-state index is 0.0973. The lowest BCUT2D eigenvalue weighted by Gasteiger charge is -2.10. The molecule has 1 fully saturated rings. The van der Waals surface area contributed by atoms with Crippen molar-refractivity contribution >= 4 is 35.4 Å². The van der Waals surface area contributed by atoms with Gasteiger partial charge in [-0.1, -0.05) is 42.5 Å². The second-order valence-electron chi connectivity index (χ2n) is 5.88. The van der Waals surface area contributed by atoms with E-state index in [4.69, 9.17) is 4.74 Å². The molecule has 1 amide bonds. The summed E-state index contributed by atoms with van der Waals surface area (Å²) in [7, 11) is 0. The molecule has 0 bridgehead atoms. The molecule has 136 valence electrons. The van der Waals surface area contributed by atoms with Crippen molar-refractivity contribution < 1.29 is 14.3 Å². The van der Waals surface area contributed by atoms with Crippen LogP contribution in [0.1, 0.15) is 22.1 Å². The highest BCUT2D eigenvalue weighted by Crippen LogP contribution is 2.45. The van der Waals surface area contributed by atoms with Gasteiger partial charge in [0.25, 0.3) is 0 Å². The Hall–Kier alpha value is -1.92. The minimum Gasteiger partial charge on any atom is -0.426 e. The predicted octanol–water partition coefficient (Wildman–Crippen LogP) is 3.82. The van der Waals surface area contributed by atoms with E-state index in [1.807, 2.05) is 78.1 Å². The van der Waals surface area contributed by atoms with Crippen LogP contribution in [-0.2, 0) is 16.0 Å². The van der Waals surface area contributed by atoms with Crippen LogP contribution in [0.5, 0.6) is 5.75 Å². The number of carbonyl (C=O) groups excluding carboxylic acids is 2. The first-order valence-corrected chi connectivity index (χ1v) is 10.6. The molecule has 0 spiro atoms. The van der Waals surface area contributed by atoms with Gasteiger partial charge in [0.05, 0.1) is 17.4 Å². The van der Waals surface area contributed by atoms with Crippen LogP contribution in [0.3, 0.4) is 0 Å². The number of benzene rings is 2. The topological polar surface area (TPSA) is 55.4 Å². The fraction of sp³-hybridized carbons (Fsp3) is 0.300. The number of carbonyl (C=O) groups is 2. The Bertz CT molecular complexity index is 728. The maximum absolute atomic E-state index is 11.9. The SMILES string of the molecule is O=C(Cc1ccccc1)NCCC(=O)Oc1ccc(C2SCCS2)cc1. The molecule has 1 aliphatic heterocycles. The van der Waals surface area contributed by atoms with Gasteiger partial charge in [0.15, 0.2) is 0 Å². The van der Waals surface area contributed by atoms with Crippen LogP contribution in [0.2, 0.25) is 0 Å². The Balaban J connectivity index is 1.37. The fourth-order valence-electron chi connectivity index (χ4n) is 2.57. The van der Waals surface area contributed by atoms with Crippen LogP contribution in [0.25, 0.3) is 0 Å². The summed E-state index contributed by atoms with van der Waals surface area (Å²) >= 11 is 3.89. The normalized spacial score (nSPS) is 14.2. The van der Waals surface area contributed by atoms with Crippen molar-refractivity contribution in [3.63, 3.8) is 0 Å². The molecule has 0 radical (unpaired) electrons. The summed E-state index contributed by atoms with van der Waals surface area (Å²) in [5.41, 5.74) is 2.21. The molecule has 1 aliphatic rings. The summed E-state index contributed by atoms with van der Waals surface area (Å²) < 4.78 is 5.81. The van der Waals surface area contributed by atoms with Crippen LogP contribution < -0.4 is 10.1 Å². The molecule has 0 aromatic heterocycles. The molecule has 26 heavy (non-hydrogen) atoms. The Morgan fingerprint density at radius 1 is 1.00 bits per heavy atom. The molecule has 0 aliphatic carbocycles. The van der Waals surface area contributed by atoms with Gasteiger partial charge in [-0.2, -0.15) is 0 Å². The third kappa shape index (κ3) is 5.81. The van der Waals surface area contributed by atoms with Gasteiger partial charge in [0.2, 0.25) is 5.91 Å². The maximum Gasteiger partial charge on any atom is 0.312 e. The molecule has 0 atom stereocenters. The van der Waals surface area contributed by atoms with Crippen molar-refractivity contribution in [3.05, 3.63) is 65.7 Å². The van der Waals surface area contributed by atoms with E-state index in [-0.39, 0.29) is 24.8 Å². The third-order valence-electron chi connectivity index (χ3n) is 3.86. The first-order chi connectivity index (χ1) is 12.7. The van der Waals surface area contributed by atoms with Crippen molar-refractivity contribution in [2.45, 2.75) is 17.4 Å². The zero-order chi connectivity index (χ0) is 18.2. The number of hydrogen-bond donors (Lipinski definition) is 1. The summed E-state index contributed by atoms with van der Waals surface area (Å²) in [5.74, 6) is 2.47. The second-order valence-corrected chi connectivity index (χ2v) is 8.60. The van der Waals surface area contributed by atoms with E-state index in [1.165, 1.54) is 17.1 Å². The van der Waals surface area contributed by atoms with Crippen LogP contribution in [0, 0.1) is 0 Å². The summed E-state index contributed by atoms with van der Waals surface area (Å²) in [6.45, 7) is 0.276. The van der Waals surface area contributed by atoms with Crippen LogP contribution >= 0.6 is 23.5 Å². The smallest absolute Gasteiger partial charge is 0.312 e. The van der Waals surface area contributed by atoms with E-state index in [0.717, 1.165) is 5.56 Å². The summed E-state index contributed by atoms with van der Waals surface area (Å²) in [6, 6.07) is 17.2. The molecule has 3 rings (SSSR count). The average molecular weight is 388 g/mol. The second kappa shape index (κ2) is 9.69. The van der Waals surface area contributed by atoms with Crippen LogP contribution in [0.15, 0.2) is 54.6 Å². The zero-order valence-corrected chi connectivity index (χ0v) is 16.0. The van der Waals surface area contributed by atoms with E-state index >= 15 is 0 Å². The van der Waals surface area contributed by atoms with E-state index in [9.17, 15) is 9.59 Å². The highest BCUT2D eigenvalue weighted by atomic mass is 32.2. The highest BCUT2D eigenvalue weighted by Gasteiger charge is 2.18. The Morgan fingerprint density at radius 2 is 1.69 bits per heavy atom. The molecule has 1 saturated heterocycles. The largest absolute Gasteiger partial charge is 0.426 e. The lowest BCUT2D eigenvalue weighted by atomic mass is 10.1. The minimum atomic E-state index is -0.345. The van der Waals surface area contributed by atoms with Gasteiger partial charge in [0.1, 0.15) is 5.75 Å². The Labute approximate surface area is 162 Å². The van der Waals surface area contributed by atoms with Crippen molar-refractivity contribution in [3.8, 4) is 5.75 Å². The number of nitrogens with one attached hydrogen (secondary N) is 1. The van der Waals surface area contributed by atoms with E-state index < -0.39 is 0 Å². The molecule has 2 aromatic carbocycles. The molecule has 0 saturated carbocycles. The maximum atomic E-state index is 11.9. The number of amides is 1. The number of ether oxygens (including phenoxy) is 1. The molecular formula is C20H21NO3S2. The van der Waals surface area contributed by atoms with Gasteiger partial charge in [-0.25, -0.2) is 0 Å². The Kier molecular flexibility index (Phi) is 7.03. The molecule has 2 aromatic rings. The lowest BCUT2D eigenvalue weighted by molar-refractivity contribution is -0.134. The van der Waals surface area contributed by atoms with Crippen LogP contribution in [0.4, 0.5) is 0 Å². The fourth-order valence-corrected chi connectivity index (χ4v) is 5.43. The van der Waals surface area contributed by atoms with Gasteiger partial charge in [-0.05, 0) is 23.3 Å². The van der Waals surface area contributed by atoms with Gasteiger partial charge in [0, 0.05) is 18.1 Å². The standard InChI is InChI=1S/C20H21NO3S2/c22-18(14-15-4-2-1-3-5-15)21-11-10-19(23)24-17-8-6-16(7-9-17)20-25-12-13-26-20/h1-9,20H,10-14H2,(H,21,22). The zero-order valence-electron chi connectivity index (χ0n) is 14.4. The number of hydrogen-bond acceptors (Lipinski definition) is 5. The van der Waals surface area contributed by atoms with E-state index in [1.54, 1.807) is 0 Å². The Morgan fingerprint density at radius 3 is 2.38 bits per heavy atom. The van der Waals surface area contributed by atoms with Gasteiger partial charge in [-0.15, -0.1) is 23.5 Å². The molecule has 0 unspecified atom stereocenters. The van der Waals surface area contributed by atoms with Crippen molar-refractivity contribution in [2.75, 3.05) is 18.1 Å². The molecule has 1 N–H and O–H groups in total. The molecule has 4 nitrogen and oxygen atoms in total. The first kappa shape index (κ1) is 18.9. The highest BCUT2D eigenvalue weighted by molar-refractivity contribution is 8.19. The summed E-state index contributed by atoms with van der Waals surface area (Å²) in [4.78, 5) is 23.8. The van der Waals surface area contributed by atoms with E-state index in [2.05, 4.69) is 5.32 Å². The number of thioether (sulfide) groups is 2. The van der Waals surface area contributed by atoms with Crippen molar-refractivity contribution in [1.82, 2.24) is 5.32 Å².